The van der Waals surface area contributed by atoms with Crippen LogP contribution in [0.4, 0.5) is 0 Å². The Morgan fingerprint density at radius 1 is 1.26 bits per heavy atom. The van der Waals surface area contributed by atoms with Crippen LogP contribution in [0.15, 0.2) is 24.3 Å². The number of ether oxygens (including phenoxy) is 1. The molecule has 0 unspecified atom stereocenters. The third kappa shape index (κ3) is 5.21. The lowest BCUT2D eigenvalue weighted by molar-refractivity contribution is -0.123. The van der Waals surface area contributed by atoms with E-state index in [-0.39, 0.29) is 30.0 Å². The van der Waals surface area contributed by atoms with Crippen LogP contribution in [-0.2, 0) is 14.6 Å². The van der Waals surface area contributed by atoms with Crippen LogP contribution >= 0.6 is 0 Å². The third-order valence-electron chi connectivity index (χ3n) is 4.07. The maximum atomic E-state index is 12.2. The molecule has 0 aliphatic carbocycles. The maximum absolute atomic E-state index is 12.2. The van der Waals surface area contributed by atoms with Gasteiger partial charge in [-0.2, -0.15) is 0 Å². The van der Waals surface area contributed by atoms with E-state index in [1.165, 1.54) is 0 Å². The van der Waals surface area contributed by atoms with Crippen LogP contribution in [0.2, 0.25) is 0 Å². The molecule has 0 spiro atoms. The molecular weight excluding hydrogens is 316 g/mol. The Kier molecular flexibility index (Phi) is 6.01. The SMILES string of the molecule is CC[C@H](NC(=O)CN1CCS(=O)(=O)CC1)c1ccc(OC)cc1. The third-order valence-corrected chi connectivity index (χ3v) is 5.68. The number of sulfone groups is 1. The van der Waals surface area contributed by atoms with Crippen LogP contribution in [0.5, 0.6) is 5.75 Å². The smallest absolute Gasteiger partial charge is 0.234 e. The van der Waals surface area contributed by atoms with E-state index in [9.17, 15) is 13.2 Å². The first-order valence-electron chi connectivity index (χ1n) is 7.79. The molecule has 1 heterocycles. The molecule has 1 atom stereocenters. The number of amides is 1. The van der Waals surface area contributed by atoms with Gasteiger partial charge in [0, 0.05) is 13.1 Å². The highest BCUT2D eigenvalue weighted by atomic mass is 32.2. The number of benzene rings is 1. The van der Waals surface area contributed by atoms with Crippen molar-refractivity contribution in [2.24, 2.45) is 0 Å². The van der Waals surface area contributed by atoms with E-state index in [0.717, 1.165) is 17.7 Å². The molecule has 1 aromatic carbocycles. The van der Waals surface area contributed by atoms with Gasteiger partial charge in [0.25, 0.3) is 0 Å². The molecule has 7 heteroatoms. The largest absolute Gasteiger partial charge is 0.497 e. The van der Waals surface area contributed by atoms with Gasteiger partial charge in [-0.15, -0.1) is 0 Å². The number of carbonyl (C=O) groups excluding carboxylic acids is 1. The summed E-state index contributed by atoms with van der Waals surface area (Å²) in [5.41, 5.74) is 1.03. The van der Waals surface area contributed by atoms with Crippen molar-refractivity contribution in [2.45, 2.75) is 19.4 Å². The summed E-state index contributed by atoms with van der Waals surface area (Å²) in [5, 5.41) is 3.02. The Hall–Kier alpha value is -1.60. The molecule has 1 aromatic rings. The Bertz CT molecular complexity index is 614. The Morgan fingerprint density at radius 3 is 2.39 bits per heavy atom. The molecule has 0 aromatic heterocycles. The lowest BCUT2D eigenvalue weighted by atomic mass is 10.0. The monoisotopic (exact) mass is 340 g/mol. The van der Waals surface area contributed by atoms with Crippen LogP contribution < -0.4 is 10.1 Å². The molecule has 0 radical (unpaired) electrons. The minimum atomic E-state index is -2.91. The zero-order chi connectivity index (χ0) is 16.9. The second-order valence-corrected chi connectivity index (χ2v) is 8.03. The van der Waals surface area contributed by atoms with E-state index >= 15 is 0 Å². The molecule has 128 valence electrons. The van der Waals surface area contributed by atoms with E-state index in [1.54, 1.807) is 7.11 Å². The van der Waals surface area contributed by atoms with Crippen molar-refractivity contribution in [1.82, 2.24) is 10.2 Å². The van der Waals surface area contributed by atoms with Crippen LogP contribution in [0, 0.1) is 0 Å². The molecule has 1 fully saturated rings. The van der Waals surface area contributed by atoms with Crippen molar-refractivity contribution in [3.63, 3.8) is 0 Å². The van der Waals surface area contributed by atoms with Crippen LogP contribution in [0.1, 0.15) is 24.9 Å². The lowest BCUT2D eigenvalue weighted by Crippen LogP contribution is -2.45. The topological polar surface area (TPSA) is 75.7 Å². The molecule has 1 N–H and O–H groups in total. The number of rotatable bonds is 6. The van der Waals surface area contributed by atoms with Gasteiger partial charge in [0.1, 0.15) is 5.75 Å². The summed E-state index contributed by atoms with van der Waals surface area (Å²) < 4.78 is 27.9. The Balaban J connectivity index is 1.89. The van der Waals surface area contributed by atoms with Crippen molar-refractivity contribution in [3.05, 3.63) is 29.8 Å². The van der Waals surface area contributed by atoms with Crippen LogP contribution in [0.3, 0.4) is 0 Å². The highest BCUT2D eigenvalue weighted by Gasteiger charge is 2.23. The van der Waals surface area contributed by atoms with Crippen molar-refractivity contribution >= 4 is 15.7 Å². The quantitative estimate of drug-likeness (QED) is 0.836. The summed E-state index contributed by atoms with van der Waals surface area (Å²) in [7, 11) is -1.30. The van der Waals surface area contributed by atoms with Gasteiger partial charge in [0.15, 0.2) is 9.84 Å². The molecule has 23 heavy (non-hydrogen) atoms. The molecular formula is C16H24N2O4S. The van der Waals surface area contributed by atoms with Gasteiger partial charge < -0.3 is 10.1 Å². The first-order chi connectivity index (χ1) is 10.9. The summed E-state index contributed by atoms with van der Waals surface area (Å²) in [6.45, 7) is 3.11. The fourth-order valence-corrected chi connectivity index (χ4v) is 3.89. The zero-order valence-electron chi connectivity index (χ0n) is 13.6. The lowest BCUT2D eigenvalue weighted by Gasteiger charge is -2.27. The second-order valence-electron chi connectivity index (χ2n) is 5.73. The fourth-order valence-electron chi connectivity index (χ4n) is 2.61. The highest BCUT2D eigenvalue weighted by Crippen LogP contribution is 2.20. The summed E-state index contributed by atoms with van der Waals surface area (Å²) in [4.78, 5) is 14.1. The van der Waals surface area contributed by atoms with Gasteiger partial charge in [-0.25, -0.2) is 8.42 Å². The number of nitrogens with zero attached hydrogens (tertiary/aromatic N) is 1. The van der Waals surface area contributed by atoms with E-state index in [1.807, 2.05) is 36.1 Å². The number of hydrogen-bond acceptors (Lipinski definition) is 5. The number of carbonyl (C=O) groups is 1. The van der Waals surface area contributed by atoms with Crippen molar-refractivity contribution in [3.8, 4) is 5.75 Å². The predicted octanol–water partition coefficient (Wildman–Crippen LogP) is 0.993. The number of hydrogen-bond donors (Lipinski definition) is 1. The van der Waals surface area contributed by atoms with E-state index in [0.29, 0.717) is 13.1 Å². The van der Waals surface area contributed by atoms with E-state index < -0.39 is 9.84 Å². The molecule has 0 saturated carbocycles. The Labute approximate surface area is 137 Å². The van der Waals surface area contributed by atoms with Gasteiger partial charge in [-0.1, -0.05) is 19.1 Å². The number of methoxy groups -OCH3 is 1. The molecule has 1 aliphatic heterocycles. The molecule has 1 amide bonds. The predicted molar refractivity (Wildman–Crippen MR) is 89.3 cm³/mol. The first kappa shape index (κ1) is 17.7. The number of nitrogens with one attached hydrogen (secondary N) is 1. The summed E-state index contributed by atoms with van der Waals surface area (Å²) in [6.07, 6.45) is 0.784. The zero-order valence-corrected chi connectivity index (χ0v) is 14.4. The standard InChI is InChI=1S/C16H24N2O4S/c1-3-15(13-4-6-14(22-2)7-5-13)17-16(19)12-18-8-10-23(20,21)11-9-18/h4-7,15H,3,8-12H2,1-2H3,(H,17,19)/t15-/m0/s1. The minimum absolute atomic E-state index is 0.0538. The summed E-state index contributed by atoms with van der Waals surface area (Å²) in [6, 6.07) is 7.59. The highest BCUT2D eigenvalue weighted by molar-refractivity contribution is 7.91. The molecule has 1 saturated heterocycles. The van der Waals surface area contributed by atoms with Gasteiger partial charge in [0.2, 0.25) is 5.91 Å². The van der Waals surface area contributed by atoms with E-state index in [4.69, 9.17) is 4.74 Å². The molecule has 1 aliphatic rings. The van der Waals surface area contributed by atoms with Gasteiger partial charge in [-0.05, 0) is 24.1 Å². The average Bonchev–Trinajstić information content (AvgIpc) is 2.55. The van der Waals surface area contributed by atoms with Crippen molar-refractivity contribution < 1.29 is 17.9 Å². The molecule has 6 nitrogen and oxygen atoms in total. The van der Waals surface area contributed by atoms with Gasteiger partial charge >= 0.3 is 0 Å². The van der Waals surface area contributed by atoms with E-state index in [2.05, 4.69) is 5.32 Å². The summed E-state index contributed by atoms with van der Waals surface area (Å²) >= 11 is 0. The van der Waals surface area contributed by atoms with Crippen LogP contribution in [-0.4, -0.2) is 57.5 Å². The summed E-state index contributed by atoms with van der Waals surface area (Å²) in [5.74, 6) is 0.975. The minimum Gasteiger partial charge on any atom is -0.497 e. The maximum Gasteiger partial charge on any atom is 0.234 e. The van der Waals surface area contributed by atoms with Crippen LogP contribution in [0.25, 0.3) is 0 Å². The normalized spacial score (nSPS) is 19.0. The van der Waals surface area contributed by atoms with Crippen molar-refractivity contribution in [1.29, 1.82) is 0 Å². The average molecular weight is 340 g/mol. The molecule has 2 rings (SSSR count). The fraction of sp³-hybridized carbons (Fsp3) is 0.562. The van der Waals surface area contributed by atoms with Gasteiger partial charge in [0.05, 0.1) is 31.2 Å². The van der Waals surface area contributed by atoms with Gasteiger partial charge in [-0.3, -0.25) is 9.69 Å². The van der Waals surface area contributed by atoms with Crippen molar-refractivity contribution in [2.75, 3.05) is 38.2 Å². The second kappa shape index (κ2) is 7.79. The molecule has 0 bridgehead atoms. The Morgan fingerprint density at radius 2 is 1.87 bits per heavy atom. The first-order valence-corrected chi connectivity index (χ1v) is 9.61.